The van der Waals surface area contributed by atoms with E-state index < -0.39 is 23.1 Å². The third kappa shape index (κ3) is 4.48. The summed E-state index contributed by atoms with van der Waals surface area (Å²) >= 11 is 1.58. The van der Waals surface area contributed by atoms with E-state index in [1.54, 1.807) is 68.9 Å². The fourth-order valence-corrected chi connectivity index (χ4v) is 3.95. The second-order valence-electron chi connectivity index (χ2n) is 8.23. The van der Waals surface area contributed by atoms with Gasteiger partial charge in [-0.1, -0.05) is 39.0 Å². The van der Waals surface area contributed by atoms with Gasteiger partial charge in [-0.2, -0.15) is 0 Å². The Morgan fingerprint density at radius 2 is 1.77 bits per heavy atom. The van der Waals surface area contributed by atoms with Crippen molar-refractivity contribution in [2.75, 3.05) is 24.4 Å². The van der Waals surface area contributed by atoms with Crippen molar-refractivity contribution in [1.29, 1.82) is 0 Å². The van der Waals surface area contributed by atoms with E-state index in [0.29, 0.717) is 17.0 Å². The van der Waals surface area contributed by atoms with E-state index in [0.717, 1.165) is 4.90 Å². The number of carbonyl (C=O) groups is 2. The van der Waals surface area contributed by atoms with Crippen molar-refractivity contribution in [3.63, 3.8) is 0 Å². The Bertz CT molecular complexity index is 1010. The van der Waals surface area contributed by atoms with Crippen molar-refractivity contribution in [3.05, 3.63) is 65.4 Å². The molecule has 0 radical (unpaired) electrons. The zero-order chi connectivity index (χ0) is 22.8. The van der Waals surface area contributed by atoms with Crippen LogP contribution in [0.15, 0.2) is 64.8 Å². The fourth-order valence-electron chi connectivity index (χ4n) is 3.54. The minimum absolute atomic E-state index is 0.0477. The van der Waals surface area contributed by atoms with E-state index in [4.69, 9.17) is 4.74 Å². The normalized spacial score (nSPS) is 16.7. The standard InChI is InChI=1S/C24H27NO5S/c1-24(2,3)22(28)19-20(17-7-5-6-8-18(17)30-14-13-26)25(23(29)21(19)27)15-9-11-16(31-4)12-10-15/h5-12,20,26-27H,13-14H2,1-4H3. The zero-order valence-electron chi connectivity index (χ0n) is 18.1. The highest BCUT2D eigenvalue weighted by Gasteiger charge is 2.47. The summed E-state index contributed by atoms with van der Waals surface area (Å²) in [5.74, 6) is -1.06. The Kier molecular flexibility index (Phi) is 6.77. The van der Waals surface area contributed by atoms with Crippen LogP contribution in [-0.2, 0) is 9.59 Å². The van der Waals surface area contributed by atoms with Crippen molar-refractivity contribution in [2.45, 2.75) is 31.7 Å². The van der Waals surface area contributed by atoms with Gasteiger partial charge in [-0.25, -0.2) is 0 Å². The van der Waals surface area contributed by atoms with Crippen LogP contribution in [0.1, 0.15) is 32.4 Å². The quantitative estimate of drug-likeness (QED) is 0.623. The van der Waals surface area contributed by atoms with E-state index in [1.807, 2.05) is 18.4 Å². The molecule has 0 aromatic heterocycles. The number of ketones is 1. The van der Waals surface area contributed by atoms with Crippen molar-refractivity contribution < 1.29 is 24.5 Å². The van der Waals surface area contributed by atoms with Crippen LogP contribution >= 0.6 is 11.8 Å². The summed E-state index contributed by atoms with van der Waals surface area (Å²) in [5.41, 5.74) is 0.371. The Labute approximate surface area is 186 Å². The van der Waals surface area contributed by atoms with Crippen LogP contribution in [0.25, 0.3) is 0 Å². The Balaban J connectivity index is 2.20. The lowest BCUT2D eigenvalue weighted by atomic mass is 9.82. The topological polar surface area (TPSA) is 87.1 Å². The number of benzene rings is 2. The van der Waals surface area contributed by atoms with Gasteiger partial charge in [0.2, 0.25) is 0 Å². The van der Waals surface area contributed by atoms with Crippen LogP contribution in [0.2, 0.25) is 0 Å². The van der Waals surface area contributed by atoms with Gasteiger partial charge in [0.25, 0.3) is 5.91 Å². The smallest absolute Gasteiger partial charge is 0.294 e. The number of anilines is 1. The molecule has 164 valence electrons. The molecule has 2 aromatic rings. The maximum atomic E-state index is 13.3. The van der Waals surface area contributed by atoms with Crippen LogP contribution < -0.4 is 9.64 Å². The zero-order valence-corrected chi connectivity index (χ0v) is 18.9. The third-order valence-electron chi connectivity index (χ3n) is 5.05. The number of carbonyl (C=O) groups excluding carboxylic acids is 2. The highest BCUT2D eigenvalue weighted by molar-refractivity contribution is 7.98. The number of rotatable bonds is 7. The number of para-hydroxylation sites is 1. The summed E-state index contributed by atoms with van der Waals surface area (Å²) in [6, 6.07) is 13.6. The molecule has 0 fully saturated rings. The molecule has 2 N–H and O–H groups in total. The van der Waals surface area contributed by atoms with Crippen molar-refractivity contribution >= 4 is 29.1 Å². The largest absolute Gasteiger partial charge is 0.503 e. The fraction of sp³-hybridized carbons (Fsp3) is 0.333. The SMILES string of the molecule is CSc1ccc(N2C(=O)C(O)=C(C(=O)C(C)(C)C)C2c2ccccc2OCCO)cc1. The maximum Gasteiger partial charge on any atom is 0.294 e. The van der Waals surface area contributed by atoms with Gasteiger partial charge in [-0.15, -0.1) is 11.8 Å². The van der Waals surface area contributed by atoms with Gasteiger partial charge in [-0.3, -0.25) is 14.5 Å². The third-order valence-corrected chi connectivity index (χ3v) is 5.79. The molecule has 1 amide bonds. The average Bonchev–Trinajstić information content (AvgIpc) is 3.01. The second-order valence-corrected chi connectivity index (χ2v) is 9.11. The molecule has 7 heteroatoms. The molecule has 1 atom stereocenters. The molecule has 0 saturated heterocycles. The number of ether oxygens (including phenoxy) is 1. The summed E-state index contributed by atoms with van der Waals surface area (Å²) in [6.07, 6.45) is 1.96. The van der Waals surface area contributed by atoms with Gasteiger partial charge in [0, 0.05) is 21.6 Å². The van der Waals surface area contributed by atoms with Crippen LogP contribution in [0, 0.1) is 5.41 Å². The molecule has 1 unspecified atom stereocenters. The summed E-state index contributed by atoms with van der Waals surface area (Å²) in [7, 11) is 0. The Morgan fingerprint density at radius 1 is 1.13 bits per heavy atom. The molecule has 3 rings (SSSR count). The van der Waals surface area contributed by atoms with Crippen LogP contribution in [-0.4, -0.2) is 41.4 Å². The lowest BCUT2D eigenvalue weighted by Crippen LogP contribution is -2.33. The van der Waals surface area contributed by atoms with Gasteiger partial charge in [0.05, 0.1) is 18.2 Å². The lowest BCUT2D eigenvalue weighted by Gasteiger charge is -2.30. The van der Waals surface area contributed by atoms with Crippen LogP contribution in [0.4, 0.5) is 5.69 Å². The molecule has 0 saturated carbocycles. The van der Waals surface area contributed by atoms with Crippen molar-refractivity contribution in [1.82, 2.24) is 0 Å². The van der Waals surface area contributed by atoms with E-state index >= 15 is 0 Å². The first-order valence-corrected chi connectivity index (χ1v) is 11.2. The summed E-state index contributed by atoms with van der Waals surface area (Å²) in [5, 5.41) is 20.0. The number of hydrogen-bond acceptors (Lipinski definition) is 6. The lowest BCUT2D eigenvalue weighted by molar-refractivity contribution is -0.123. The van der Waals surface area contributed by atoms with Crippen molar-refractivity contribution in [3.8, 4) is 5.75 Å². The first-order valence-electron chi connectivity index (χ1n) is 9.98. The summed E-state index contributed by atoms with van der Waals surface area (Å²) in [4.78, 5) is 29.0. The van der Waals surface area contributed by atoms with Gasteiger partial charge in [-0.05, 0) is 36.6 Å². The van der Waals surface area contributed by atoms with Gasteiger partial charge in [0.15, 0.2) is 11.5 Å². The number of hydrogen-bond donors (Lipinski definition) is 2. The van der Waals surface area contributed by atoms with Gasteiger partial charge >= 0.3 is 0 Å². The van der Waals surface area contributed by atoms with E-state index in [9.17, 15) is 19.8 Å². The van der Waals surface area contributed by atoms with Gasteiger partial charge < -0.3 is 14.9 Å². The number of Topliss-reactive ketones (excluding diaryl/α,β-unsaturated/α-hetero) is 1. The molecule has 6 nitrogen and oxygen atoms in total. The maximum absolute atomic E-state index is 13.3. The van der Waals surface area contributed by atoms with E-state index in [-0.39, 0.29) is 24.6 Å². The number of thioether (sulfide) groups is 1. The van der Waals surface area contributed by atoms with Crippen molar-refractivity contribution in [2.24, 2.45) is 5.41 Å². The molecular weight excluding hydrogens is 414 g/mol. The molecule has 0 spiro atoms. The second kappa shape index (κ2) is 9.16. The molecule has 2 aromatic carbocycles. The van der Waals surface area contributed by atoms with E-state index in [1.165, 1.54) is 4.90 Å². The minimum atomic E-state index is -0.853. The summed E-state index contributed by atoms with van der Waals surface area (Å²) in [6.45, 7) is 5.15. The Hall–Kier alpha value is -2.77. The van der Waals surface area contributed by atoms with Crippen LogP contribution in [0.5, 0.6) is 5.75 Å². The number of aliphatic hydroxyl groups excluding tert-OH is 2. The van der Waals surface area contributed by atoms with Crippen LogP contribution in [0.3, 0.4) is 0 Å². The number of nitrogens with zero attached hydrogens (tertiary/aromatic N) is 1. The Morgan fingerprint density at radius 3 is 2.35 bits per heavy atom. The first kappa shape index (κ1) is 22.9. The highest BCUT2D eigenvalue weighted by Crippen LogP contribution is 2.46. The van der Waals surface area contributed by atoms with Gasteiger partial charge in [0.1, 0.15) is 12.4 Å². The molecule has 0 aliphatic carbocycles. The average molecular weight is 442 g/mol. The first-order chi connectivity index (χ1) is 14.7. The minimum Gasteiger partial charge on any atom is -0.503 e. The molecular formula is C24H27NO5S. The summed E-state index contributed by atoms with van der Waals surface area (Å²) < 4.78 is 5.70. The predicted molar refractivity (Wildman–Crippen MR) is 122 cm³/mol. The molecule has 31 heavy (non-hydrogen) atoms. The molecule has 1 aliphatic rings. The number of aliphatic hydroxyl groups is 2. The molecule has 1 heterocycles. The predicted octanol–water partition coefficient (Wildman–Crippen LogP) is 4.29. The van der Waals surface area contributed by atoms with E-state index in [2.05, 4.69) is 0 Å². The number of amides is 1. The highest BCUT2D eigenvalue weighted by atomic mass is 32.2. The molecule has 0 bridgehead atoms. The molecule has 1 aliphatic heterocycles. The monoisotopic (exact) mass is 441 g/mol.